The number of methoxy groups -OCH3 is 1. The Hall–Kier alpha value is -4.17. The molecule has 4 rings (SSSR count). The molecule has 188 valence electrons. The van der Waals surface area contributed by atoms with Gasteiger partial charge in [-0.05, 0) is 44.9 Å². The van der Waals surface area contributed by atoms with E-state index < -0.39 is 5.60 Å². The fourth-order valence-corrected chi connectivity index (χ4v) is 3.72. The first-order valence-electron chi connectivity index (χ1n) is 11.6. The van der Waals surface area contributed by atoms with Crippen molar-refractivity contribution in [1.29, 1.82) is 5.26 Å². The summed E-state index contributed by atoms with van der Waals surface area (Å²) in [6.45, 7) is 7.10. The van der Waals surface area contributed by atoms with Gasteiger partial charge >= 0.3 is 6.09 Å². The van der Waals surface area contributed by atoms with E-state index in [2.05, 4.69) is 25.5 Å². The van der Waals surface area contributed by atoms with Crippen LogP contribution in [0.25, 0.3) is 11.3 Å². The van der Waals surface area contributed by atoms with E-state index in [0.717, 1.165) is 23.2 Å². The summed E-state index contributed by atoms with van der Waals surface area (Å²) in [7, 11) is 1.61. The second-order valence-corrected chi connectivity index (χ2v) is 9.37. The van der Waals surface area contributed by atoms with Crippen LogP contribution in [0.5, 0.6) is 5.75 Å². The number of aromatic nitrogens is 4. The van der Waals surface area contributed by atoms with Gasteiger partial charge in [-0.1, -0.05) is 6.07 Å². The molecule has 1 saturated heterocycles. The molecule has 3 aromatic rings. The molecule has 1 aromatic carbocycles. The lowest BCUT2D eigenvalue weighted by molar-refractivity contribution is 0.0184. The van der Waals surface area contributed by atoms with Crippen molar-refractivity contribution in [3.8, 4) is 23.1 Å². The molecule has 1 aliphatic heterocycles. The zero-order valence-electron chi connectivity index (χ0n) is 20.7. The number of amides is 1. The lowest BCUT2D eigenvalue weighted by atomic mass is 10.1. The third kappa shape index (κ3) is 6.28. The Kier molecular flexibility index (Phi) is 7.36. The van der Waals surface area contributed by atoms with Gasteiger partial charge in [-0.25, -0.2) is 14.8 Å². The van der Waals surface area contributed by atoms with Crippen molar-refractivity contribution in [2.75, 3.05) is 25.5 Å². The number of likely N-dealkylation sites (tertiary alicyclic amines) is 1. The van der Waals surface area contributed by atoms with Crippen molar-refractivity contribution in [2.45, 2.75) is 45.5 Å². The number of ether oxygens (including phenoxy) is 3. The summed E-state index contributed by atoms with van der Waals surface area (Å²) in [6.07, 6.45) is 3.27. The monoisotopic (exact) mass is 491 g/mol. The van der Waals surface area contributed by atoms with E-state index >= 15 is 0 Å². The molecule has 0 unspecified atom stereocenters. The summed E-state index contributed by atoms with van der Waals surface area (Å²) in [5, 5.41) is 19.1. The van der Waals surface area contributed by atoms with Crippen LogP contribution in [0.1, 0.15) is 38.4 Å². The molecule has 2 N–H and O–H groups in total. The van der Waals surface area contributed by atoms with Crippen LogP contribution >= 0.6 is 0 Å². The molecule has 11 heteroatoms. The summed E-state index contributed by atoms with van der Waals surface area (Å²) in [4.78, 5) is 22.1. The number of nitrogens with zero attached hydrogens (tertiary/aromatic N) is 5. The molecule has 1 amide bonds. The van der Waals surface area contributed by atoms with Gasteiger partial charge in [0.1, 0.15) is 23.2 Å². The van der Waals surface area contributed by atoms with E-state index in [9.17, 15) is 4.79 Å². The first kappa shape index (κ1) is 24.9. The number of H-pyrrole nitrogens is 1. The highest BCUT2D eigenvalue weighted by atomic mass is 16.6. The topological polar surface area (TPSA) is 138 Å². The van der Waals surface area contributed by atoms with Gasteiger partial charge < -0.3 is 24.4 Å². The Bertz CT molecular complexity index is 1240. The smallest absolute Gasteiger partial charge is 0.410 e. The number of anilines is 2. The highest BCUT2D eigenvalue weighted by Gasteiger charge is 2.30. The lowest BCUT2D eigenvalue weighted by Gasteiger charge is -2.24. The Morgan fingerprint density at radius 1 is 1.25 bits per heavy atom. The minimum absolute atomic E-state index is 0.0465. The third-order valence-corrected chi connectivity index (χ3v) is 5.44. The summed E-state index contributed by atoms with van der Waals surface area (Å²) < 4.78 is 17.1. The molecule has 36 heavy (non-hydrogen) atoms. The Morgan fingerprint density at radius 2 is 2.08 bits per heavy atom. The molecular formula is C25H29N7O4. The number of aromatic amines is 1. The predicted molar refractivity (Wildman–Crippen MR) is 132 cm³/mol. The number of nitrogens with one attached hydrogen (secondary N) is 2. The van der Waals surface area contributed by atoms with Gasteiger partial charge in [0, 0.05) is 18.2 Å². The standard InChI is InChI=1S/C25H29N7O4/c1-25(2,3)36-24(33)32-8-7-18(14-32)35-15-16-5-6-19(21(9-16)34-4)20-10-22(31-30-20)29-23-13-27-17(11-26)12-28-23/h5-6,9-10,12-13,18H,7-8,14-15H2,1-4H3,(H2,28,29,30,31)/t18-/m1/s1. The molecule has 0 spiro atoms. The summed E-state index contributed by atoms with van der Waals surface area (Å²) in [6, 6.07) is 9.60. The number of rotatable bonds is 7. The van der Waals surface area contributed by atoms with Crippen LogP contribution in [0.4, 0.5) is 16.4 Å². The minimum atomic E-state index is -0.516. The van der Waals surface area contributed by atoms with Crippen LogP contribution in [0.15, 0.2) is 36.7 Å². The van der Waals surface area contributed by atoms with Crippen molar-refractivity contribution < 1.29 is 19.0 Å². The molecule has 1 atom stereocenters. The molecule has 1 aliphatic rings. The maximum atomic E-state index is 12.3. The van der Waals surface area contributed by atoms with Gasteiger partial charge in [0.25, 0.3) is 0 Å². The summed E-state index contributed by atoms with van der Waals surface area (Å²) in [5.74, 6) is 1.70. The first-order valence-corrected chi connectivity index (χ1v) is 11.6. The number of carbonyl (C=O) groups excluding carboxylic acids is 1. The molecular weight excluding hydrogens is 462 g/mol. The molecule has 0 saturated carbocycles. The van der Waals surface area contributed by atoms with Gasteiger partial charge in [-0.2, -0.15) is 10.4 Å². The van der Waals surface area contributed by atoms with Crippen LogP contribution in [0.3, 0.4) is 0 Å². The van der Waals surface area contributed by atoms with E-state index in [1.54, 1.807) is 12.0 Å². The molecule has 11 nitrogen and oxygen atoms in total. The SMILES string of the molecule is COc1cc(CO[C@@H]2CCN(C(=O)OC(C)(C)C)C2)ccc1-c1cc(Nc2cnc(C#N)cn2)n[nH]1. The Labute approximate surface area is 209 Å². The zero-order valence-corrected chi connectivity index (χ0v) is 20.7. The van der Waals surface area contributed by atoms with Gasteiger partial charge in [-0.3, -0.25) is 5.10 Å². The van der Waals surface area contributed by atoms with E-state index in [1.807, 2.05) is 51.1 Å². The van der Waals surface area contributed by atoms with Crippen molar-refractivity contribution in [3.63, 3.8) is 0 Å². The lowest BCUT2D eigenvalue weighted by Crippen LogP contribution is -2.36. The maximum Gasteiger partial charge on any atom is 0.410 e. The number of carbonyl (C=O) groups is 1. The van der Waals surface area contributed by atoms with Crippen LogP contribution < -0.4 is 10.1 Å². The van der Waals surface area contributed by atoms with Crippen molar-refractivity contribution in [1.82, 2.24) is 25.1 Å². The molecule has 0 radical (unpaired) electrons. The highest BCUT2D eigenvalue weighted by Crippen LogP contribution is 2.31. The summed E-state index contributed by atoms with van der Waals surface area (Å²) >= 11 is 0. The average molecular weight is 492 g/mol. The molecule has 0 aliphatic carbocycles. The Balaban J connectivity index is 1.36. The molecule has 3 heterocycles. The predicted octanol–water partition coefficient (Wildman–Crippen LogP) is 4.02. The van der Waals surface area contributed by atoms with Crippen molar-refractivity contribution >= 4 is 17.7 Å². The van der Waals surface area contributed by atoms with Gasteiger partial charge in [-0.15, -0.1) is 0 Å². The van der Waals surface area contributed by atoms with Gasteiger partial charge in [0.2, 0.25) is 0 Å². The quantitative estimate of drug-likeness (QED) is 0.502. The van der Waals surface area contributed by atoms with Crippen LogP contribution in [-0.2, 0) is 16.1 Å². The van der Waals surface area contributed by atoms with Crippen LogP contribution in [-0.4, -0.2) is 63.1 Å². The number of hydrogen-bond donors (Lipinski definition) is 2. The van der Waals surface area contributed by atoms with Gasteiger partial charge in [0.15, 0.2) is 11.5 Å². The number of nitriles is 1. The largest absolute Gasteiger partial charge is 0.496 e. The van der Waals surface area contributed by atoms with Crippen LogP contribution in [0.2, 0.25) is 0 Å². The normalized spacial score (nSPS) is 15.4. The summed E-state index contributed by atoms with van der Waals surface area (Å²) in [5.41, 5.74) is 2.27. The van der Waals surface area contributed by atoms with E-state index in [1.165, 1.54) is 12.4 Å². The van der Waals surface area contributed by atoms with Crippen molar-refractivity contribution in [3.05, 3.63) is 47.9 Å². The minimum Gasteiger partial charge on any atom is -0.496 e. The maximum absolute atomic E-state index is 12.3. The fourth-order valence-electron chi connectivity index (χ4n) is 3.72. The van der Waals surface area contributed by atoms with E-state index in [4.69, 9.17) is 19.5 Å². The molecule has 2 aromatic heterocycles. The van der Waals surface area contributed by atoms with Gasteiger partial charge in [0.05, 0.1) is 44.5 Å². The van der Waals surface area contributed by atoms with Crippen LogP contribution in [0, 0.1) is 11.3 Å². The second-order valence-electron chi connectivity index (χ2n) is 9.37. The second kappa shape index (κ2) is 10.6. The highest BCUT2D eigenvalue weighted by molar-refractivity contribution is 5.71. The molecule has 0 bridgehead atoms. The van der Waals surface area contributed by atoms with E-state index in [0.29, 0.717) is 37.1 Å². The first-order chi connectivity index (χ1) is 17.2. The number of hydrogen-bond acceptors (Lipinski definition) is 9. The molecule has 1 fully saturated rings. The van der Waals surface area contributed by atoms with Crippen molar-refractivity contribution in [2.24, 2.45) is 0 Å². The Morgan fingerprint density at radius 3 is 2.78 bits per heavy atom. The fraction of sp³-hybridized carbons (Fsp3) is 0.400. The third-order valence-electron chi connectivity index (χ3n) is 5.44. The number of benzene rings is 1. The zero-order chi connectivity index (χ0) is 25.7. The average Bonchev–Trinajstić information content (AvgIpc) is 3.52. The van der Waals surface area contributed by atoms with E-state index in [-0.39, 0.29) is 17.9 Å².